The molecular weight excluding hydrogens is 274 g/mol. The zero-order valence-corrected chi connectivity index (χ0v) is 11.7. The maximum atomic E-state index is 11.2. The number of aromatic nitrogens is 3. The molecule has 1 N–H and O–H groups in total. The fourth-order valence-corrected chi connectivity index (χ4v) is 3.19. The molecule has 0 aliphatic carbocycles. The third kappa shape index (κ3) is 2.08. The number of rotatable bonds is 4. The van der Waals surface area contributed by atoms with E-state index in [4.69, 9.17) is 5.11 Å². The van der Waals surface area contributed by atoms with Gasteiger partial charge in [0.05, 0.1) is 17.6 Å². The van der Waals surface area contributed by atoms with Crippen LogP contribution >= 0.6 is 11.3 Å². The minimum atomic E-state index is -0.979. The van der Waals surface area contributed by atoms with Crippen molar-refractivity contribution >= 4 is 28.3 Å². The summed E-state index contributed by atoms with van der Waals surface area (Å²) >= 11 is 1.69. The minimum Gasteiger partial charge on any atom is -0.478 e. The fraction of sp³-hybridized carbons (Fsp3) is 0.214. The highest BCUT2D eigenvalue weighted by atomic mass is 32.1. The highest BCUT2D eigenvalue weighted by molar-refractivity contribution is 7.10. The van der Waals surface area contributed by atoms with E-state index in [2.05, 4.69) is 28.7 Å². The number of aromatic carboxylic acids is 1. The quantitative estimate of drug-likeness (QED) is 0.801. The Morgan fingerprint density at radius 3 is 3.00 bits per heavy atom. The molecule has 3 rings (SSSR count). The van der Waals surface area contributed by atoms with Crippen LogP contribution in [0.5, 0.6) is 0 Å². The van der Waals surface area contributed by atoms with E-state index < -0.39 is 5.97 Å². The number of fused-ring (bicyclic) bond motifs is 1. The smallest absolute Gasteiger partial charge is 0.338 e. The molecule has 0 fully saturated rings. The molecule has 0 radical (unpaired) electrons. The van der Waals surface area contributed by atoms with Crippen LogP contribution in [0.25, 0.3) is 11.0 Å². The summed E-state index contributed by atoms with van der Waals surface area (Å²) in [5.74, 6) is -0.979. The van der Waals surface area contributed by atoms with Crippen LogP contribution in [0.2, 0.25) is 0 Å². The summed E-state index contributed by atoms with van der Waals surface area (Å²) < 4.78 is 1.76. The molecule has 0 aliphatic rings. The first-order chi connectivity index (χ1) is 9.70. The molecule has 0 saturated carbocycles. The first-order valence-corrected chi connectivity index (χ1v) is 7.19. The maximum Gasteiger partial charge on any atom is 0.338 e. The summed E-state index contributed by atoms with van der Waals surface area (Å²) in [5.41, 5.74) is 2.68. The Labute approximate surface area is 119 Å². The van der Waals surface area contributed by atoms with Crippen molar-refractivity contribution in [3.8, 4) is 0 Å². The van der Waals surface area contributed by atoms with Crippen LogP contribution in [0.4, 0.5) is 0 Å². The second kappa shape index (κ2) is 5.05. The third-order valence-electron chi connectivity index (χ3n) is 3.29. The van der Waals surface area contributed by atoms with E-state index in [0.717, 1.165) is 11.9 Å². The summed E-state index contributed by atoms with van der Waals surface area (Å²) in [4.78, 5) is 12.4. The second-order valence-corrected chi connectivity index (χ2v) is 5.45. The lowest BCUT2D eigenvalue weighted by Gasteiger charge is -2.03. The molecule has 0 spiro atoms. The summed E-state index contributed by atoms with van der Waals surface area (Å²) in [5, 5.41) is 19.3. The molecule has 0 bridgehead atoms. The molecule has 0 unspecified atom stereocenters. The standard InChI is InChI=1S/C14H13N3O2S/c1-2-9-6-7-20-12(9)8-17-11-5-3-4-10(14(18)19)13(11)15-16-17/h3-7H,2,8H2,1H3,(H,18,19). The van der Waals surface area contributed by atoms with Gasteiger partial charge in [-0.2, -0.15) is 0 Å². The molecule has 1 aromatic carbocycles. The monoisotopic (exact) mass is 287 g/mol. The van der Waals surface area contributed by atoms with Gasteiger partial charge in [0.15, 0.2) is 0 Å². The molecule has 0 saturated heterocycles. The Hall–Kier alpha value is -2.21. The van der Waals surface area contributed by atoms with E-state index in [0.29, 0.717) is 12.1 Å². The SMILES string of the molecule is CCc1ccsc1Cn1nnc2c(C(=O)O)cccc21. The summed E-state index contributed by atoms with van der Waals surface area (Å²) in [7, 11) is 0. The van der Waals surface area contributed by atoms with Gasteiger partial charge in [0.1, 0.15) is 5.52 Å². The minimum absolute atomic E-state index is 0.190. The molecule has 0 amide bonds. The molecule has 0 atom stereocenters. The van der Waals surface area contributed by atoms with Crippen molar-refractivity contribution in [2.75, 3.05) is 0 Å². The maximum absolute atomic E-state index is 11.2. The van der Waals surface area contributed by atoms with E-state index >= 15 is 0 Å². The first kappa shape index (κ1) is 12.8. The van der Waals surface area contributed by atoms with Crippen molar-refractivity contribution in [1.82, 2.24) is 15.0 Å². The van der Waals surface area contributed by atoms with Crippen LogP contribution in [0, 0.1) is 0 Å². The van der Waals surface area contributed by atoms with Crippen molar-refractivity contribution in [3.63, 3.8) is 0 Å². The fourth-order valence-electron chi connectivity index (χ4n) is 2.24. The lowest BCUT2D eigenvalue weighted by Crippen LogP contribution is -2.02. The zero-order valence-electron chi connectivity index (χ0n) is 10.9. The largest absolute Gasteiger partial charge is 0.478 e. The molecule has 2 heterocycles. The van der Waals surface area contributed by atoms with Gasteiger partial charge in [-0.05, 0) is 35.6 Å². The van der Waals surface area contributed by atoms with Gasteiger partial charge in [-0.25, -0.2) is 9.48 Å². The number of carbonyl (C=O) groups is 1. The predicted molar refractivity (Wildman–Crippen MR) is 77.3 cm³/mol. The number of hydrogen-bond donors (Lipinski definition) is 1. The van der Waals surface area contributed by atoms with Gasteiger partial charge in [-0.3, -0.25) is 0 Å². The van der Waals surface area contributed by atoms with Crippen LogP contribution in [0.3, 0.4) is 0 Å². The first-order valence-electron chi connectivity index (χ1n) is 6.31. The van der Waals surface area contributed by atoms with Gasteiger partial charge in [-0.1, -0.05) is 18.2 Å². The van der Waals surface area contributed by atoms with Gasteiger partial charge < -0.3 is 5.11 Å². The number of nitrogens with zero attached hydrogens (tertiary/aromatic N) is 3. The number of hydrogen-bond acceptors (Lipinski definition) is 4. The molecule has 5 nitrogen and oxygen atoms in total. The Bertz CT molecular complexity index is 776. The van der Waals surface area contributed by atoms with Gasteiger partial charge in [0.2, 0.25) is 0 Å². The lowest BCUT2D eigenvalue weighted by molar-refractivity contribution is 0.0699. The van der Waals surface area contributed by atoms with Crippen molar-refractivity contribution in [3.05, 3.63) is 45.6 Å². The lowest BCUT2D eigenvalue weighted by atomic mass is 10.2. The highest BCUT2D eigenvalue weighted by Crippen LogP contribution is 2.21. The summed E-state index contributed by atoms with van der Waals surface area (Å²) in [6.45, 7) is 2.74. The van der Waals surface area contributed by atoms with Gasteiger partial charge >= 0.3 is 5.97 Å². The van der Waals surface area contributed by atoms with Gasteiger partial charge in [-0.15, -0.1) is 16.4 Å². The van der Waals surface area contributed by atoms with Gasteiger partial charge in [0.25, 0.3) is 0 Å². The van der Waals surface area contributed by atoms with Crippen molar-refractivity contribution in [2.24, 2.45) is 0 Å². The number of carboxylic acids is 1. The number of aryl methyl sites for hydroxylation is 1. The second-order valence-electron chi connectivity index (χ2n) is 4.45. The topological polar surface area (TPSA) is 68.0 Å². The summed E-state index contributed by atoms with van der Waals surface area (Å²) in [6.07, 6.45) is 0.978. The Kier molecular flexibility index (Phi) is 3.23. The molecule has 3 aromatic rings. The summed E-state index contributed by atoms with van der Waals surface area (Å²) in [6, 6.07) is 7.23. The zero-order chi connectivity index (χ0) is 14.1. The molecule has 20 heavy (non-hydrogen) atoms. The molecular formula is C14H13N3O2S. The molecule has 0 aliphatic heterocycles. The van der Waals surface area contributed by atoms with E-state index in [1.807, 2.05) is 6.07 Å². The Morgan fingerprint density at radius 1 is 1.40 bits per heavy atom. The van der Waals surface area contributed by atoms with Crippen LogP contribution in [-0.2, 0) is 13.0 Å². The normalized spacial score (nSPS) is 11.1. The average Bonchev–Trinajstić information content (AvgIpc) is 3.06. The van der Waals surface area contributed by atoms with E-state index in [1.54, 1.807) is 28.2 Å². The number of thiophene rings is 1. The van der Waals surface area contributed by atoms with Crippen LogP contribution in [0.15, 0.2) is 29.6 Å². The predicted octanol–water partition coefficient (Wildman–Crippen LogP) is 2.80. The van der Waals surface area contributed by atoms with Gasteiger partial charge in [0, 0.05) is 4.88 Å². The van der Waals surface area contributed by atoms with Crippen molar-refractivity contribution in [2.45, 2.75) is 19.9 Å². The third-order valence-corrected chi connectivity index (χ3v) is 4.24. The van der Waals surface area contributed by atoms with E-state index in [9.17, 15) is 4.79 Å². The van der Waals surface area contributed by atoms with Crippen LogP contribution < -0.4 is 0 Å². The number of benzene rings is 1. The van der Waals surface area contributed by atoms with Crippen molar-refractivity contribution in [1.29, 1.82) is 0 Å². The molecule has 102 valence electrons. The van der Waals surface area contributed by atoms with Crippen LogP contribution in [-0.4, -0.2) is 26.1 Å². The Balaban J connectivity index is 2.05. The van der Waals surface area contributed by atoms with Crippen LogP contribution in [0.1, 0.15) is 27.7 Å². The Morgan fingerprint density at radius 2 is 2.25 bits per heavy atom. The van der Waals surface area contributed by atoms with E-state index in [1.165, 1.54) is 10.4 Å². The highest BCUT2D eigenvalue weighted by Gasteiger charge is 2.14. The molecule has 2 aromatic heterocycles. The number of carboxylic acid groups (broad SMARTS) is 1. The average molecular weight is 287 g/mol. The van der Waals surface area contributed by atoms with E-state index in [-0.39, 0.29) is 5.56 Å². The molecule has 6 heteroatoms. The van der Waals surface area contributed by atoms with Crippen molar-refractivity contribution < 1.29 is 9.90 Å².